The number of nitrogens with one attached hydrogen (secondary N) is 1. The molecule has 0 aliphatic carbocycles. The number of hydrogen-bond acceptors (Lipinski definition) is 4. The lowest BCUT2D eigenvalue weighted by Crippen LogP contribution is -2.42. The molecule has 0 fully saturated rings. The molecule has 0 saturated heterocycles. The first-order valence-corrected chi connectivity index (χ1v) is 9.08. The Morgan fingerprint density at radius 2 is 1.93 bits per heavy atom. The van der Waals surface area contributed by atoms with E-state index in [1.54, 1.807) is 18.3 Å². The first-order valence-electron chi connectivity index (χ1n) is 8.71. The molecule has 5 nitrogen and oxygen atoms in total. The molecule has 4 N–H and O–H groups in total. The van der Waals surface area contributed by atoms with Crippen LogP contribution < -0.4 is 11.1 Å². The summed E-state index contributed by atoms with van der Waals surface area (Å²) in [4.78, 5) is 16.7. The number of pyridine rings is 1. The van der Waals surface area contributed by atoms with Crippen LogP contribution in [0.1, 0.15) is 42.4 Å². The Bertz CT molecular complexity index is 816. The van der Waals surface area contributed by atoms with E-state index in [4.69, 9.17) is 17.3 Å². The van der Waals surface area contributed by atoms with Gasteiger partial charge < -0.3 is 16.2 Å². The van der Waals surface area contributed by atoms with Gasteiger partial charge in [0.15, 0.2) is 0 Å². The van der Waals surface area contributed by atoms with Crippen LogP contribution in [0.25, 0.3) is 0 Å². The third-order valence-electron chi connectivity index (χ3n) is 3.98. The molecule has 2 rings (SSSR count). The van der Waals surface area contributed by atoms with E-state index < -0.39 is 23.5 Å². The number of carbonyl (C=O) groups excluding carboxylic acids is 1. The quantitative estimate of drug-likeness (QED) is 0.605. The summed E-state index contributed by atoms with van der Waals surface area (Å²) in [6, 6.07) is 6.79. The second-order valence-electron chi connectivity index (χ2n) is 7.58. The fourth-order valence-corrected chi connectivity index (χ4v) is 2.85. The molecule has 0 spiro atoms. The van der Waals surface area contributed by atoms with Crippen LogP contribution in [0, 0.1) is 5.82 Å². The van der Waals surface area contributed by atoms with Gasteiger partial charge in [-0.2, -0.15) is 0 Å². The number of benzene rings is 1. The van der Waals surface area contributed by atoms with Gasteiger partial charge in [0.25, 0.3) is 5.91 Å². The molecule has 1 aromatic carbocycles. The van der Waals surface area contributed by atoms with Crippen LogP contribution in [0.5, 0.6) is 0 Å². The van der Waals surface area contributed by atoms with Crippen molar-refractivity contribution < 1.29 is 14.3 Å². The van der Waals surface area contributed by atoms with Gasteiger partial charge >= 0.3 is 0 Å². The number of rotatable bonds is 6. The predicted molar refractivity (Wildman–Crippen MR) is 119 cm³/mol. The van der Waals surface area contributed by atoms with Crippen molar-refractivity contribution in [2.45, 2.75) is 51.3 Å². The van der Waals surface area contributed by atoms with Crippen molar-refractivity contribution in [3.05, 3.63) is 64.2 Å². The van der Waals surface area contributed by atoms with Crippen molar-refractivity contribution in [1.82, 2.24) is 10.3 Å². The average molecular weight is 467 g/mol. The van der Waals surface area contributed by atoms with Crippen LogP contribution in [0.2, 0.25) is 5.02 Å². The Hall–Kier alpha value is -1.44. The average Bonchev–Trinajstić information content (AvgIpc) is 2.57. The van der Waals surface area contributed by atoms with Crippen molar-refractivity contribution >= 4 is 42.3 Å². The van der Waals surface area contributed by atoms with Gasteiger partial charge in [-0.3, -0.25) is 9.78 Å². The highest BCUT2D eigenvalue weighted by atomic mass is 35.5. The minimum atomic E-state index is -1.00. The van der Waals surface area contributed by atoms with E-state index >= 15 is 0 Å². The Morgan fingerprint density at radius 3 is 2.55 bits per heavy atom. The monoisotopic (exact) mass is 465 g/mol. The molecule has 1 aromatic heterocycles. The maximum absolute atomic E-state index is 13.9. The normalized spacial score (nSPS) is 12.9. The standard InChI is InChI=1S/C20H25ClFN3O2.2ClH/c1-20(2,3)25-19(27)14-5-4-8-24-17(14)11-18(26)16(23)10-12-9-13(21)6-7-15(12)22;;/h4-9,16,18,26H,10-11,23H2,1-3H3,(H,25,27);2*1H/t16-,18+;;/m1../s1. The van der Waals surface area contributed by atoms with Crippen molar-refractivity contribution in [3.8, 4) is 0 Å². The molecule has 0 aliphatic rings. The lowest BCUT2D eigenvalue weighted by molar-refractivity contribution is 0.0916. The first-order chi connectivity index (χ1) is 12.6. The molecular weight excluding hydrogens is 440 g/mol. The van der Waals surface area contributed by atoms with Gasteiger partial charge in [0.2, 0.25) is 0 Å². The molecule has 0 saturated carbocycles. The van der Waals surface area contributed by atoms with Gasteiger partial charge in [-0.15, -0.1) is 24.8 Å². The fourth-order valence-electron chi connectivity index (χ4n) is 2.65. The second kappa shape index (κ2) is 11.7. The van der Waals surface area contributed by atoms with Gasteiger partial charge in [-0.25, -0.2) is 4.39 Å². The first kappa shape index (κ1) is 27.6. The number of nitrogens with two attached hydrogens (primary N) is 1. The highest BCUT2D eigenvalue weighted by Crippen LogP contribution is 2.18. The lowest BCUT2D eigenvalue weighted by atomic mass is 9.96. The molecule has 0 radical (unpaired) electrons. The summed E-state index contributed by atoms with van der Waals surface area (Å²) < 4.78 is 13.9. The van der Waals surface area contributed by atoms with Gasteiger partial charge in [-0.05, 0) is 63.1 Å². The number of halogens is 4. The summed E-state index contributed by atoms with van der Waals surface area (Å²) in [7, 11) is 0. The SMILES string of the molecule is CC(C)(C)NC(=O)c1cccnc1C[C@H](O)[C@H](N)Cc1cc(Cl)ccc1F.Cl.Cl. The summed E-state index contributed by atoms with van der Waals surface area (Å²) in [5.74, 6) is -0.697. The zero-order valence-electron chi connectivity index (χ0n) is 16.5. The van der Waals surface area contributed by atoms with Gasteiger partial charge in [0.1, 0.15) is 5.82 Å². The fraction of sp³-hybridized carbons (Fsp3) is 0.400. The van der Waals surface area contributed by atoms with E-state index in [1.807, 2.05) is 20.8 Å². The Labute approximate surface area is 188 Å². The van der Waals surface area contributed by atoms with Crippen LogP contribution in [0.3, 0.4) is 0 Å². The van der Waals surface area contributed by atoms with Crippen molar-refractivity contribution in [2.75, 3.05) is 0 Å². The molecule has 29 heavy (non-hydrogen) atoms. The van der Waals surface area contributed by atoms with Crippen molar-refractivity contribution in [3.63, 3.8) is 0 Å². The van der Waals surface area contributed by atoms with Crippen molar-refractivity contribution in [1.29, 1.82) is 0 Å². The number of nitrogens with zero attached hydrogens (tertiary/aromatic N) is 1. The van der Waals surface area contributed by atoms with Gasteiger partial charge in [0, 0.05) is 29.2 Å². The topological polar surface area (TPSA) is 88.2 Å². The van der Waals surface area contributed by atoms with Gasteiger partial charge in [-0.1, -0.05) is 11.6 Å². The number of amides is 1. The van der Waals surface area contributed by atoms with E-state index in [0.29, 0.717) is 21.8 Å². The summed E-state index contributed by atoms with van der Waals surface area (Å²) in [5, 5.41) is 13.8. The predicted octanol–water partition coefficient (Wildman–Crippen LogP) is 3.72. The molecule has 2 aromatic rings. The molecule has 162 valence electrons. The molecule has 9 heteroatoms. The Kier molecular flexibility index (Phi) is 11.1. The third kappa shape index (κ3) is 8.44. The summed E-state index contributed by atoms with van der Waals surface area (Å²) >= 11 is 5.89. The van der Waals surface area contributed by atoms with E-state index in [2.05, 4.69) is 10.3 Å². The number of aliphatic hydroxyl groups excluding tert-OH is 1. The van der Waals surface area contributed by atoms with Gasteiger partial charge in [0.05, 0.1) is 17.4 Å². The van der Waals surface area contributed by atoms with Crippen LogP contribution in [0.15, 0.2) is 36.5 Å². The van der Waals surface area contributed by atoms with E-state index in [0.717, 1.165) is 0 Å². The lowest BCUT2D eigenvalue weighted by Gasteiger charge is -2.23. The second-order valence-corrected chi connectivity index (χ2v) is 8.01. The summed E-state index contributed by atoms with van der Waals surface area (Å²) in [6.45, 7) is 5.64. The highest BCUT2D eigenvalue weighted by molar-refractivity contribution is 6.30. The number of hydrogen-bond donors (Lipinski definition) is 3. The van der Waals surface area contributed by atoms with E-state index in [9.17, 15) is 14.3 Å². The number of aliphatic hydroxyl groups is 1. The molecule has 1 amide bonds. The zero-order valence-corrected chi connectivity index (χ0v) is 18.9. The molecule has 0 bridgehead atoms. The number of carbonyl (C=O) groups is 1. The maximum atomic E-state index is 13.9. The molecule has 0 aliphatic heterocycles. The van der Waals surface area contributed by atoms with Crippen LogP contribution >= 0.6 is 36.4 Å². The summed E-state index contributed by atoms with van der Waals surface area (Å²) in [6.07, 6.45) is 0.749. The minimum Gasteiger partial charge on any atom is -0.391 e. The van der Waals surface area contributed by atoms with E-state index in [-0.39, 0.29) is 43.6 Å². The third-order valence-corrected chi connectivity index (χ3v) is 4.22. The molecule has 1 heterocycles. The van der Waals surface area contributed by atoms with Crippen LogP contribution in [-0.2, 0) is 12.8 Å². The Morgan fingerprint density at radius 1 is 1.28 bits per heavy atom. The molecule has 2 atom stereocenters. The van der Waals surface area contributed by atoms with Crippen LogP contribution in [0.4, 0.5) is 4.39 Å². The molecule has 0 unspecified atom stereocenters. The van der Waals surface area contributed by atoms with Crippen LogP contribution in [-0.4, -0.2) is 33.7 Å². The number of aromatic nitrogens is 1. The Balaban J connectivity index is 0.00000392. The minimum absolute atomic E-state index is 0. The van der Waals surface area contributed by atoms with Crippen molar-refractivity contribution in [2.24, 2.45) is 5.73 Å². The maximum Gasteiger partial charge on any atom is 0.253 e. The van der Waals surface area contributed by atoms with E-state index in [1.165, 1.54) is 18.2 Å². The zero-order chi connectivity index (χ0) is 20.2. The largest absolute Gasteiger partial charge is 0.391 e. The molecular formula is C20H27Cl3FN3O2. The summed E-state index contributed by atoms with van der Waals surface area (Å²) in [5.41, 5.74) is 6.81. The highest BCUT2D eigenvalue weighted by Gasteiger charge is 2.23. The smallest absolute Gasteiger partial charge is 0.253 e.